The predicted octanol–water partition coefficient (Wildman–Crippen LogP) is 6.32. The molecule has 0 saturated carbocycles. The Balaban J connectivity index is 1.65. The molecule has 0 aliphatic carbocycles. The zero-order valence-electron chi connectivity index (χ0n) is 15.1. The fraction of sp³-hybridized carbons (Fsp3) is 0.0952. The Bertz CT molecular complexity index is 1200. The lowest BCUT2D eigenvalue weighted by Gasteiger charge is -2.12. The number of fused-ring (bicyclic) bond motifs is 1. The third-order valence-corrected chi connectivity index (χ3v) is 7.35. The van der Waals surface area contributed by atoms with Gasteiger partial charge < -0.3 is 0 Å². The first kappa shape index (κ1) is 17.6. The van der Waals surface area contributed by atoms with Crippen LogP contribution in [0.4, 0.5) is 0 Å². The molecular formula is C21H16N4S3. The number of benzene rings is 2. The molecule has 3 aromatic heterocycles. The molecule has 0 aliphatic heterocycles. The molecule has 0 bridgehead atoms. The van der Waals surface area contributed by atoms with Crippen molar-refractivity contribution in [1.82, 2.24) is 19.7 Å². The molecule has 0 N–H and O–H groups in total. The SMILES string of the molecule is CCc1ccccc1-n1c(Sc2nc3ccccc3s2)nnc1-c1cccs1. The first-order chi connectivity index (χ1) is 13.8. The highest BCUT2D eigenvalue weighted by molar-refractivity contribution is 8.01. The lowest BCUT2D eigenvalue weighted by Crippen LogP contribution is -2.02. The van der Waals surface area contributed by atoms with E-state index in [4.69, 9.17) is 4.98 Å². The molecular weight excluding hydrogens is 404 g/mol. The van der Waals surface area contributed by atoms with Crippen molar-refractivity contribution in [2.24, 2.45) is 0 Å². The summed E-state index contributed by atoms with van der Waals surface area (Å²) in [4.78, 5) is 5.87. The highest BCUT2D eigenvalue weighted by Gasteiger charge is 2.20. The fourth-order valence-corrected chi connectivity index (χ4v) is 5.83. The minimum absolute atomic E-state index is 0.836. The van der Waals surface area contributed by atoms with Gasteiger partial charge in [-0.05, 0) is 53.4 Å². The lowest BCUT2D eigenvalue weighted by atomic mass is 10.1. The Morgan fingerprint density at radius 2 is 1.82 bits per heavy atom. The second-order valence-electron chi connectivity index (χ2n) is 6.15. The van der Waals surface area contributed by atoms with Crippen molar-refractivity contribution in [1.29, 1.82) is 0 Å². The largest absolute Gasteiger partial charge is 0.269 e. The summed E-state index contributed by atoms with van der Waals surface area (Å²) in [5.41, 5.74) is 3.42. The average molecular weight is 421 g/mol. The highest BCUT2D eigenvalue weighted by atomic mass is 32.2. The first-order valence-corrected chi connectivity index (χ1v) is 11.5. The third kappa shape index (κ3) is 3.15. The summed E-state index contributed by atoms with van der Waals surface area (Å²) in [6.45, 7) is 2.17. The normalized spacial score (nSPS) is 11.3. The third-order valence-electron chi connectivity index (χ3n) is 4.44. The summed E-state index contributed by atoms with van der Waals surface area (Å²) in [6.07, 6.45) is 0.948. The summed E-state index contributed by atoms with van der Waals surface area (Å²) in [7, 11) is 0. The Hall–Kier alpha value is -2.48. The zero-order valence-corrected chi connectivity index (χ0v) is 17.5. The summed E-state index contributed by atoms with van der Waals surface area (Å²) >= 11 is 4.94. The van der Waals surface area contributed by atoms with Gasteiger partial charge in [-0.1, -0.05) is 43.3 Å². The molecule has 0 aliphatic rings. The monoisotopic (exact) mass is 420 g/mol. The Kier molecular flexibility index (Phi) is 4.72. The van der Waals surface area contributed by atoms with Gasteiger partial charge in [0.25, 0.3) is 0 Å². The fourth-order valence-electron chi connectivity index (χ4n) is 3.12. The van der Waals surface area contributed by atoms with Gasteiger partial charge in [0.05, 0.1) is 20.8 Å². The van der Waals surface area contributed by atoms with E-state index >= 15 is 0 Å². The van der Waals surface area contributed by atoms with Crippen LogP contribution in [0.5, 0.6) is 0 Å². The molecule has 0 amide bonds. The molecule has 4 nitrogen and oxygen atoms in total. The van der Waals surface area contributed by atoms with E-state index in [1.807, 2.05) is 24.3 Å². The molecule has 0 fully saturated rings. The molecule has 0 spiro atoms. The number of aryl methyl sites for hydroxylation is 1. The topological polar surface area (TPSA) is 43.6 Å². The van der Waals surface area contributed by atoms with Crippen LogP contribution >= 0.6 is 34.4 Å². The van der Waals surface area contributed by atoms with Crippen LogP contribution in [0, 0.1) is 0 Å². The summed E-state index contributed by atoms with van der Waals surface area (Å²) in [5, 5.41) is 12.0. The summed E-state index contributed by atoms with van der Waals surface area (Å²) in [5.74, 6) is 0.875. The number of hydrogen-bond donors (Lipinski definition) is 0. The van der Waals surface area contributed by atoms with E-state index in [0.29, 0.717) is 0 Å². The minimum atomic E-state index is 0.836. The minimum Gasteiger partial charge on any atom is -0.269 e. The van der Waals surface area contributed by atoms with Crippen molar-refractivity contribution < 1.29 is 0 Å². The van der Waals surface area contributed by atoms with Gasteiger partial charge in [-0.15, -0.1) is 32.9 Å². The quantitative estimate of drug-likeness (QED) is 0.334. The van der Waals surface area contributed by atoms with Crippen molar-refractivity contribution in [3.05, 3.63) is 71.6 Å². The lowest BCUT2D eigenvalue weighted by molar-refractivity contribution is 0.873. The van der Waals surface area contributed by atoms with E-state index in [1.165, 1.54) is 10.3 Å². The maximum atomic E-state index is 4.76. The van der Waals surface area contributed by atoms with Crippen LogP contribution in [0.3, 0.4) is 0 Å². The van der Waals surface area contributed by atoms with Crippen LogP contribution in [0.15, 0.2) is 75.5 Å². The molecule has 2 aromatic carbocycles. The van der Waals surface area contributed by atoms with Crippen LogP contribution in [-0.2, 0) is 6.42 Å². The summed E-state index contributed by atoms with van der Waals surface area (Å²) in [6, 6.07) is 20.8. The molecule has 5 rings (SSSR count). The van der Waals surface area contributed by atoms with Gasteiger partial charge in [0, 0.05) is 0 Å². The van der Waals surface area contributed by atoms with Crippen molar-refractivity contribution >= 4 is 44.7 Å². The number of rotatable bonds is 5. The van der Waals surface area contributed by atoms with Gasteiger partial charge in [-0.2, -0.15) is 0 Å². The second-order valence-corrected chi connectivity index (χ2v) is 9.34. The first-order valence-electron chi connectivity index (χ1n) is 8.94. The molecule has 5 aromatic rings. The molecule has 0 saturated heterocycles. The molecule has 0 unspecified atom stereocenters. The Labute approximate surface area is 174 Å². The maximum Gasteiger partial charge on any atom is 0.203 e. The number of thiazole rings is 1. The molecule has 3 heterocycles. The van der Waals surface area contributed by atoms with Gasteiger partial charge in [-0.25, -0.2) is 4.98 Å². The number of para-hydroxylation sites is 2. The van der Waals surface area contributed by atoms with Gasteiger partial charge in [0.15, 0.2) is 10.2 Å². The van der Waals surface area contributed by atoms with E-state index in [-0.39, 0.29) is 0 Å². The van der Waals surface area contributed by atoms with Crippen molar-refractivity contribution in [2.45, 2.75) is 22.8 Å². The van der Waals surface area contributed by atoms with Crippen LogP contribution in [0.1, 0.15) is 12.5 Å². The zero-order chi connectivity index (χ0) is 18.9. The van der Waals surface area contributed by atoms with E-state index in [1.54, 1.807) is 34.4 Å². The number of hydrogen-bond acceptors (Lipinski definition) is 6. The van der Waals surface area contributed by atoms with Crippen LogP contribution in [0.2, 0.25) is 0 Å². The molecule has 7 heteroatoms. The van der Waals surface area contributed by atoms with Crippen LogP contribution in [-0.4, -0.2) is 19.7 Å². The Morgan fingerprint density at radius 1 is 0.964 bits per heavy atom. The smallest absolute Gasteiger partial charge is 0.203 e. The van der Waals surface area contributed by atoms with Crippen molar-refractivity contribution in [3.63, 3.8) is 0 Å². The molecule has 138 valence electrons. The number of thiophene rings is 1. The molecule has 28 heavy (non-hydrogen) atoms. The van der Waals surface area contributed by atoms with E-state index in [0.717, 1.165) is 37.8 Å². The average Bonchev–Trinajstić information content (AvgIpc) is 3.47. The van der Waals surface area contributed by atoms with Gasteiger partial charge in [-0.3, -0.25) is 4.57 Å². The van der Waals surface area contributed by atoms with E-state index in [9.17, 15) is 0 Å². The second kappa shape index (κ2) is 7.50. The number of nitrogens with zero attached hydrogens (tertiary/aromatic N) is 4. The van der Waals surface area contributed by atoms with Crippen molar-refractivity contribution in [2.75, 3.05) is 0 Å². The summed E-state index contributed by atoms with van der Waals surface area (Å²) < 4.78 is 4.33. The van der Waals surface area contributed by atoms with Gasteiger partial charge >= 0.3 is 0 Å². The van der Waals surface area contributed by atoms with Crippen LogP contribution < -0.4 is 0 Å². The Morgan fingerprint density at radius 3 is 2.64 bits per heavy atom. The maximum absolute atomic E-state index is 4.76. The standard InChI is InChI=1S/C21H16N4S3/c1-2-14-8-3-5-10-16(14)25-19(18-12-7-13-26-18)23-24-20(25)28-21-22-15-9-4-6-11-17(15)27-21/h3-13H,2H2,1H3. The van der Waals surface area contributed by atoms with Crippen LogP contribution in [0.25, 0.3) is 26.6 Å². The van der Waals surface area contributed by atoms with Crippen molar-refractivity contribution in [3.8, 4) is 16.4 Å². The predicted molar refractivity (Wildman–Crippen MR) is 118 cm³/mol. The molecule has 0 radical (unpaired) electrons. The van der Waals surface area contributed by atoms with Gasteiger partial charge in [0.1, 0.15) is 0 Å². The molecule has 0 atom stereocenters. The highest BCUT2D eigenvalue weighted by Crippen LogP contribution is 2.37. The van der Waals surface area contributed by atoms with E-state index < -0.39 is 0 Å². The van der Waals surface area contributed by atoms with Gasteiger partial charge in [0.2, 0.25) is 5.16 Å². The van der Waals surface area contributed by atoms with E-state index in [2.05, 4.69) is 63.5 Å². The number of aromatic nitrogens is 4.